The highest BCUT2D eigenvalue weighted by Crippen LogP contribution is 2.15. The van der Waals surface area contributed by atoms with Gasteiger partial charge in [0, 0.05) is 17.7 Å². The third-order valence-electron chi connectivity index (χ3n) is 3.31. The quantitative estimate of drug-likeness (QED) is 0.821. The van der Waals surface area contributed by atoms with Crippen LogP contribution in [0, 0.1) is 0 Å². The fourth-order valence-electron chi connectivity index (χ4n) is 2.17. The number of hydrogen-bond donors (Lipinski definition) is 2. The van der Waals surface area contributed by atoms with Crippen molar-refractivity contribution in [3.8, 4) is 0 Å². The second-order valence-electron chi connectivity index (χ2n) is 4.76. The van der Waals surface area contributed by atoms with Gasteiger partial charge in [0.2, 0.25) is 0 Å². The molecule has 1 aromatic rings. The van der Waals surface area contributed by atoms with Gasteiger partial charge in [0.1, 0.15) is 4.99 Å². The molecule has 0 bridgehead atoms. The lowest BCUT2D eigenvalue weighted by molar-refractivity contribution is 0.0712. The molecule has 0 spiro atoms. The van der Waals surface area contributed by atoms with E-state index in [1.165, 1.54) is 0 Å². The van der Waals surface area contributed by atoms with E-state index < -0.39 is 0 Å². The normalized spacial score (nSPS) is 19.9. The van der Waals surface area contributed by atoms with Crippen molar-refractivity contribution in [2.45, 2.75) is 31.9 Å². The number of thiocarbonyl (C=S) groups is 1. The van der Waals surface area contributed by atoms with Gasteiger partial charge in [-0.1, -0.05) is 24.4 Å². The predicted octanol–water partition coefficient (Wildman–Crippen LogP) is 1.62. The number of carbonyl (C=O) groups excluding carboxylic acids is 1. The molecule has 1 fully saturated rings. The summed E-state index contributed by atoms with van der Waals surface area (Å²) < 4.78 is 5.55. The van der Waals surface area contributed by atoms with Crippen molar-refractivity contribution in [1.82, 2.24) is 5.32 Å². The molecule has 0 aliphatic carbocycles. The standard InChI is InChI=1S/C14H18N2O2S/c1-9(12-3-2-8-18-12)16-14(17)11-6-4-10(5-7-11)13(15)19/h4-7,9,12H,2-3,8H2,1H3,(H2,15,19)(H,16,17). The molecule has 2 atom stereocenters. The summed E-state index contributed by atoms with van der Waals surface area (Å²) in [7, 11) is 0. The SMILES string of the molecule is CC(NC(=O)c1ccc(C(N)=S)cc1)C1CCCO1. The summed E-state index contributed by atoms with van der Waals surface area (Å²) in [5.74, 6) is -0.0995. The van der Waals surface area contributed by atoms with E-state index in [4.69, 9.17) is 22.7 Å². The lowest BCUT2D eigenvalue weighted by atomic mass is 10.1. The van der Waals surface area contributed by atoms with Crippen LogP contribution >= 0.6 is 12.2 Å². The zero-order valence-electron chi connectivity index (χ0n) is 10.9. The molecule has 0 radical (unpaired) electrons. The number of amides is 1. The zero-order chi connectivity index (χ0) is 13.8. The Morgan fingerprint density at radius 2 is 2.05 bits per heavy atom. The van der Waals surface area contributed by atoms with Gasteiger partial charge in [0.25, 0.3) is 5.91 Å². The van der Waals surface area contributed by atoms with E-state index in [-0.39, 0.29) is 18.1 Å². The van der Waals surface area contributed by atoms with Gasteiger partial charge >= 0.3 is 0 Å². The molecule has 1 amide bonds. The molecule has 2 unspecified atom stereocenters. The summed E-state index contributed by atoms with van der Waals surface area (Å²) >= 11 is 4.87. The minimum Gasteiger partial charge on any atom is -0.389 e. The molecule has 19 heavy (non-hydrogen) atoms. The Balaban J connectivity index is 1.97. The molecule has 4 nitrogen and oxygen atoms in total. The van der Waals surface area contributed by atoms with E-state index in [0.717, 1.165) is 25.0 Å². The maximum Gasteiger partial charge on any atom is 0.251 e. The van der Waals surface area contributed by atoms with Gasteiger partial charge in [-0.2, -0.15) is 0 Å². The number of rotatable bonds is 4. The van der Waals surface area contributed by atoms with Gasteiger partial charge in [0.15, 0.2) is 0 Å². The van der Waals surface area contributed by atoms with E-state index in [2.05, 4.69) is 5.32 Å². The summed E-state index contributed by atoms with van der Waals surface area (Å²) in [6, 6.07) is 6.99. The summed E-state index contributed by atoms with van der Waals surface area (Å²) in [4.78, 5) is 12.4. The Kier molecular flexibility index (Phi) is 4.50. The molecule has 1 saturated heterocycles. The van der Waals surface area contributed by atoms with E-state index in [0.29, 0.717) is 10.6 Å². The minimum atomic E-state index is -0.0995. The minimum absolute atomic E-state index is 0.0188. The van der Waals surface area contributed by atoms with Crippen molar-refractivity contribution in [2.24, 2.45) is 5.73 Å². The van der Waals surface area contributed by atoms with Crippen molar-refractivity contribution in [3.05, 3.63) is 35.4 Å². The molecule has 2 rings (SSSR count). The van der Waals surface area contributed by atoms with Crippen LogP contribution < -0.4 is 11.1 Å². The lowest BCUT2D eigenvalue weighted by Gasteiger charge is -2.20. The average Bonchev–Trinajstić information content (AvgIpc) is 2.92. The van der Waals surface area contributed by atoms with Crippen LogP contribution in [0.3, 0.4) is 0 Å². The summed E-state index contributed by atoms with van der Waals surface area (Å²) in [5.41, 5.74) is 6.88. The first kappa shape index (κ1) is 14.0. The summed E-state index contributed by atoms with van der Waals surface area (Å²) in [6.07, 6.45) is 2.19. The largest absolute Gasteiger partial charge is 0.389 e. The highest BCUT2D eigenvalue weighted by molar-refractivity contribution is 7.80. The lowest BCUT2D eigenvalue weighted by Crippen LogP contribution is -2.40. The smallest absolute Gasteiger partial charge is 0.251 e. The topological polar surface area (TPSA) is 64.4 Å². The van der Waals surface area contributed by atoms with Crippen molar-refractivity contribution in [1.29, 1.82) is 0 Å². The maximum absolute atomic E-state index is 12.1. The van der Waals surface area contributed by atoms with Crippen molar-refractivity contribution in [2.75, 3.05) is 6.61 Å². The summed E-state index contributed by atoms with van der Waals surface area (Å²) in [5, 5.41) is 2.96. The molecule has 0 aromatic heterocycles. The highest BCUT2D eigenvalue weighted by atomic mass is 32.1. The van der Waals surface area contributed by atoms with Gasteiger partial charge in [-0.05, 0) is 31.9 Å². The molecular weight excluding hydrogens is 260 g/mol. The number of benzene rings is 1. The van der Waals surface area contributed by atoms with Crippen LogP contribution in [-0.4, -0.2) is 29.6 Å². The van der Waals surface area contributed by atoms with E-state index in [1.807, 2.05) is 6.92 Å². The number of nitrogens with two attached hydrogens (primary N) is 1. The molecule has 3 N–H and O–H groups in total. The summed E-state index contributed by atoms with van der Waals surface area (Å²) in [6.45, 7) is 2.75. The Morgan fingerprint density at radius 3 is 2.58 bits per heavy atom. The first-order valence-corrected chi connectivity index (χ1v) is 6.81. The van der Waals surface area contributed by atoms with Crippen LogP contribution in [0.2, 0.25) is 0 Å². The Labute approximate surface area is 118 Å². The monoisotopic (exact) mass is 278 g/mol. The second-order valence-corrected chi connectivity index (χ2v) is 5.20. The second kappa shape index (κ2) is 6.12. The number of carbonyl (C=O) groups is 1. The van der Waals surface area contributed by atoms with Crippen LogP contribution in [0.25, 0.3) is 0 Å². The van der Waals surface area contributed by atoms with Crippen LogP contribution in [0.15, 0.2) is 24.3 Å². The zero-order valence-corrected chi connectivity index (χ0v) is 11.7. The van der Waals surface area contributed by atoms with Gasteiger partial charge in [0.05, 0.1) is 12.1 Å². The Hall–Kier alpha value is -1.46. The molecule has 5 heteroatoms. The van der Waals surface area contributed by atoms with Gasteiger partial charge in [-0.25, -0.2) is 0 Å². The molecular formula is C14H18N2O2S. The molecule has 1 heterocycles. The first-order chi connectivity index (χ1) is 9.08. The molecule has 1 aliphatic heterocycles. The molecule has 1 aliphatic rings. The Morgan fingerprint density at radius 1 is 1.42 bits per heavy atom. The third kappa shape index (κ3) is 3.52. The number of hydrogen-bond acceptors (Lipinski definition) is 3. The number of ether oxygens (including phenoxy) is 1. The van der Waals surface area contributed by atoms with Crippen molar-refractivity contribution < 1.29 is 9.53 Å². The average molecular weight is 278 g/mol. The Bertz CT molecular complexity index is 467. The van der Waals surface area contributed by atoms with E-state index in [9.17, 15) is 4.79 Å². The fourth-order valence-corrected chi connectivity index (χ4v) is 2.30. The van der Waals surface area contributed by atoms with Crippen molar-refractivity contribution >= 4 is 23.1 Å². The molecule has 102 valence electrons. The van der Waals surface area contributed by atoms with Gasteiger partial charge in [-0.3, -0.25) is 4.79 Å². The highest BCUT2D eigenvalue weighted by Gasteiger charge is 2.23. The molecule has 1 aromatic carbocycles. The van der Waals surface area contributed by atoms with E-state index >= 15 is 0 Å². The van der Waals surface area contributed by atoms with Crippen LogP contribution in [0.5, 0.6) is 0 Å². The van der Waals surface area contributed by atoms with Crippen molar-refractivity contribution in [3.63, 3.8) is 0 Å². The fraction of sp³-hybridized carbons (Fsp3) is 0.429. The maximum atomic E-state index is 12.1. The van der Waals surface area contributed by atoms with Crippen LogP contribution in [0.4, 0.5) is 0 Å². The van der Waals surface area contributed by atoms with Gasteiger partial charge in [-0.15, -0.1) is 0 Å². The molecule has 0 saturated carbocycles. The third-order valence-corrected chi connectivity index (χ3v) is 3.55. The predicted molar refractivity (Wildman–Crippen MR) is 78.2 cm³/mol. The van der Waals surface area contributed by atoms with Crippen LogP contribution in [0.1, 0.15) is 35.7 Å². The number of nitrogens with one attached hydrogen (secondary N) is 1. The van der Waals surface area contributed by atoms with Crippen LogP contribution in [-0.2, 0) is 4.74 Å². The van der Waals surface area contributed by atoms with E-state index in [1.54, 1.807) is 24.3 Å². The first-order valence-electron chi connectivity index (χ1n) is 6.40. The van der Waals surface area contributed by atoms with Gasteiger partial charge < -0.3 is 15.8 Å².